The van der Waals surface area contributed by atoms with E-state index in [1.165, 1.54) is 6.20 Å². The summed E-state index contributed by atoms with van der Waals surface area (Å²) in [7, 11) is 6.95. The molecule has 34 heavy (non-hydrogen) atoms. The van der Waals surface area contributed by atoms with E-state index in [2.05, 4.69) is 30.4 Å². The van der Waals surface area contributed by atoms with Crippen LogP contribution in [-0.2, 0) is 11.2 Å². The summed E-state index contributed by atoms with van der Waals surface area (Å²) in [5.74, 6) is 0.170. The Kier molecular flexibility index (Phi) is 7.56. The number of nitrogens with zero attached hydrogens (tertiary/aromatic N) is 4. The molecular formula is C23H26BN7O3. The summed E-state index contributed by atoms with van der Waals surface area (Å²) >= 11 is 0. The van der Waals surface area contributed by atoms with E-state index >= 15 is 0 Å². The number of carbonyl (C=O) groups excluding carboxylic acids is 1. The van der Waals surface area contributed by atoms with E-state index in [9.17, 15) is 4.79 Å². The van der Waals surface area contributed by atoms with E-state index in [-0.39, 0.29) is 11.5 Å². The van der Waals surface area contributed by atoms with Crippen LogP contribution in [0.3, 0.4) is 0 Å². The molecule has 1 aromatic carbocycles. The Bertz CT molecular complexity index is 1160. The maximum Gasteiger partial charge on any atom is 0.278 e. The van der Waals surface area contributed by atoms with Gasteiger partial charge in [0.25, 0.3) is 5.91 Å². The summed E-state index contributed by atoms with van der Waals surface area (Å²) < 4.78 is 11.0. The van der Waals surface area contributed by atoms with Crippen LogP contribution in [0, 0.1) is 0 Å². The highest BCUT2D eigenvalue weighted by atomic mass is 16.5. The van der Waals surface area contributed by atoms with Crippen molar-refractivity contribution in [3.63, 3.8) is 0 Å². The lowest BCUT2D eigenvalue weighted by molar-refractivity contribution is 0.102. The Morgan fingerprint density at radius 1 is 1.26 bits per heavy atom. The average Bonchev–Trinajstić information content (AvgIpc) is 2.88. The third-order valence-electron chi connectivity index (χ3n) is 5.51. The Hall–Kier alpha value is -3.70. The van der Waals surface area contributed by atoms with Crippen molar-refractivity contribution in [3.8, 4) is 17.0 Å². The van der Waals surface area contributed by atoms with Crippen molar-refractivity contribution >= 4 is 31.1 Å². The number of methoxy groups -OCH3 is 1. The average molecular weight is 459 g/mol. The molecule has 3 heterocycles. The van der Waals surface area contributed by atoms with Crippen LogP contribution in [0.25, 0.3) is 11.3 Å². The van der Waals surface area contributed by atoms with Gasteiger partial charge in [-0.3, -0.25) is 9.78 Å². The van der Waals surface area contributed by atoms with Crippen molar-refractivity contribution in [2.45, 2.75) is 6.42 Å². The molecule has 0 bridgehead atoms. The fraction of sp³-hybridized carbons (Fsp3) is 0.304. The molecule has 1 aliphatic heterocycles. The van der Waals surface area contributed by atoms with Gasteiger partial charge in [-0.15, -0.1) is 0 Å². The lowest BCUT2D eigenvalue weighted by atomic mass is 10.1. The van der Waals surface area contributed by atoms with Crippen LogP contribution in [0.15, 0.2) is 42.9 Å². The fourth-order valence-electron chi connectivity index (χ4n) is 3.76. The predicted molar refractivity (Wildman–Crippen MR) is 131 cm³/mol. The zero-order chi connectivity index (χ0) is 23.9. The first-order valence-corrected chi connectivity index (χ1v) is 10.9. The molecule has 1 amide bonds. The second kappa shape index (κ2) is 10.9. The first-order valence-electron chi connectivity index (χ1n) is 10.9. The number of hydrogen-bond acceptors (Lipinski definition) is 9. The summed E-state index contributed by atoms with van der Waals surface area (Å²) in [6, 6.07) is 7.61. The van der Waals surface area contributed by atoms with E-state index in [0.29, 0.717) is 42.5 Å². The first kappa shape index (κ1) is 23.5. The van der Waals surface area contributed by atoms with Crippen LogP contribution in [0.1, 0.15) is 16.1 Å². The number of nitrogen functional groups attached to an aromatic ring is 1. The standard InChI is InChI=1S/C23H26BN7O3/c1-33-20-12-15(4-7-28-24)2-3-16(20)17-14-27-22(25)21(29-17)23(32)30-18-13-26-6-5-19(18)31-8-10-34-11-9-31/h2-3,5-6,12-14,28H,4,7-11H2,1H3,(H2,25,27)(H,30,32). The normalized spacial score (nSPS) is 13.5. The van der Waals surface area contributed by atoms with Crippen LogP contribution in [-0.4, -0.2) is 68.8 Å². The van der Waals surface area contributed by atoms with Crippen LogP contribution in [0.4, 0.5) is 17.2 Å². The maximum absolute atomic E-state index is 13.2. The topological polar surface area (TPSA) is 128 Å². The van der Waals surface area contributed by atoms with E-state index in [1.54, 1.807) is 19.5 Å². The predicted octanol–water partition coefficient (Wildman–Crippen LogP) is 1.43. The van der Waals surface area contributed by atoms with Crippen molar-refractivity contribution in [1.82, 2.24) is 20.2 Å². The molecular weight excluding hydrogens is 433 g/mol. The minimum Gasteiger partial charge on any atom is -0.496 e. The molecule has 4 N–H and O–H groups in total. The van der Waals surface area contributed by atoms with Gasteiger partial charge in [-0.25, -0.2) is 9.97 Å². The zero-order valence-electron chi connectivity index (χ0n) is 19.0. The van der Waals surface area contributed by atoms with Gasteiger partial charge in [-0.05, 0) is 36.7 Å². The maximum atomic E-state index is 13.2. The van der Waals surface area contributed by atoms with Gasteiger partial charge in [0, 0.05) is 24.8 Å². The summed E-state index contributed by atoms with van der Waals surface area (Å²) in [4.78, 5) is 28.2. The number of hydrogen-bond donors (Lipinski definition) is 3. The Morgan fingerprint density at radius 2 is 2.09 bits per heavy atom. The minimum atomic E-state index is -0.473. The largest absolute Gasteiger partial charge is 0.496 e. The third kappa shape index (κ3) is 5.27. The van der Waals surface area contributed by atoms with E-state index in [1.807, 2.05) is 24.3 Å². The van der Waals surface area contributed by atoms with Crippen molar-refractivity contribution < 1.29 is 14.3 Å². The fourth-order valence-corrected chi connectivity index (χ4v) is 3.76. The lowest BCUT2D eigenvalue weighted by Gasteiger charge is -2.30. The van der Waals surface area contributed by atoms with Crippen molar-refractivity contribution in [3.05, 3.63) is 54.1 Å². The summed E-state index contributed by atoms with van der Waals surface area (Å²) in [6.07, 6.45) is 5.56. The number of nitrogens with one attached hydrogen (secondary N) is 2. The molecule has 0 atom stereocenters. The third-order valence-corrected chi connectivity index (χ3v) is 5.51. The quantitative estimate of drug-likeness (QED) is 0.429. The van der Waals surface area contributed by atoms with Crippen molar-refractivity contribution in [2.24, 2.45) is 0 Å². The number of ether oxygens (including phenoxy) is 2. The summed E-state index contributed by atoms with van der Waals surface area (Å²) in [5.41, 5.74) is 9.69. The van der Waals surface area contributed by atoms with Gasteiger partial charge in [0.05, 0.1) is 49.8 Å². The van der Waals surface area contributed by atoms with Crippen molar-refractivity contribution in [2.75, 3.05) is 55.9 Å². The molecule has 0 unspecified atom stereocenters. The van der Waals surface area contributed by atoms with E-state index in [4.69, 9.17) is 23.2 Å². The molecule has 1 saturated heterocycles. The minimum absolute atomic E-state index is 0.0211. The molecule has 4 rings (SSSR count). The molecule has 3 aromatic rings. The van der Waals surface area contributed by atoms with Gasteiger partial charge in [-0.1, -0.05) is 6.07 Å². The van der Waals surface area contributed by atoms with Gasteiger partial charge in [0.2, 0.25) is 0 Å². The number of carbonyl (C=O) groups is 1. The van der Waals surface area contributed by atoms with Crippen LogP contribution < -0.4 is 25.9 Å². The highest BCUT2D eigenvalue weighted by molar-refractivity contribution is 6.07. The zero-order valence-corrected chi connectivity index (χ0v) is 19.0. The van der Waals surface area contributed by atoms with Gasteiger partial charge in [0.1, 0.15) is 5.75 Å². The summed E-state index contributed by atoms with van der Waals surface area (Å²) in [6.45, 7) is 3.33. The molecule has 0 spiro atoms. The molecule has 2 radical (unpaired) electrons. The molecule has 0 aliphatic carbocycles. The van der Waals surface area contributed by atoms with Gasteiger partial charge in [-0.2, -0.15) is 0 Å². The molecule has 11 heteroatoms. The van der Waals surface area contributed by atoms with E-state index < -0.39 is 5.91 Å². The Balaban J connectivity index is 1.60. The van der Waals surface area contributed by atoms with Gasteiger partial charge in [0.15, 0.2) is 19.5 Å². The monoisotopic (exact) mass is 459 g/mol. The van der Waals surface area contributed by atoms with Crippen LogP contribution in [0.2, 0.25) is 0 Å². The number of anilines is 3. The van der Waals surface area contributed by atoms with Gasteiger partial charge >= 0.3 is 0 Å². The number of pyridine rings is 1. The second-order valence-electron chi connectivity index (χ2n) is 7.67. The summed E-state index contributed by atoms with van der Waals surface area (Å²) in [5, 5.41) is 5.52. The lowest BCUT2D eigenvalue weighted by Crippen LogP contribution is -2.36. The Labute approximate surface area is 199 Å². The molecule has 10 nitrogen and oxygen atoms in total. The molecule has 0 saturated carbocycles. The highest BCUT2D eigenvalue weighted by Gasteiger charge is 2.20. The molecule has 1 aliphatic rings. The van der Waals surface area contributed by atoms with E-state index in [0.717, 1.165) is 30.8 Å². The molecule has 2 aromatic heterocycles. The van der Waals surface area contributed by atoms with Crippen molar-refractivity contribution in [1.29, 1.82) is 0 Å². The number of amides is 1. The highest BCUT2D eigenvalue weighted by Crippen LogP contribution is 2.31. The number of morpholine rings is 1. The smallest absolute Gasteiger partial charge is 0.278 e. The molecule has 1 fully saturated rings. The number of rotatable bonds is 8. The van der Waals surface area contributed by atoms with Crippen LogP contribution >= 0.6 is 0 Å². The second-order valence-corrected chi connectivity index (χ2v) is 7.67. The Morgan fingerprint density at radius 3 is 2.85 bits per heavy atom. The SMILES string of the molecule is [B]NCCc1ccc(-c2cnc(N)c(C(=O)Nc3cnccc3N3CCOCC3)n2)c(OC)c1. The number of benzene rings is 1. The first-order chi connectivity index (χ1) is 16.6. The number of aromatic nitrogens is 3. The van der Waals surface area contributed by atoms with Crippen LogP contribution in [0.5, 0.6) is 5.75 Å². The van der Waals surface area contributed by atoms with Gasteiger partial charge < -0.3 is 30.7 Å². The molecule has 174 valence electrons. The number of nitrogens with two attached hydrogens (primary N) is 1.